The van der Waals surface area contributed by atoms with E-state index in [1.165, 1.54) is 24.3 Å². The fourth-order valence-corrected chi connectivity index (χ4v) is 3.01. The highest BCUT2D eigenvalue weighted by molar-refractivity contribution is 5.90. The quantitative estimate of drug-likeness (QED) is 0.890. The molecule has 3 rings (SSSR count). The van der Waals surface area contributed by atoms with Crippen LogP contribution in [-0.2, 0) is 6.42 Å². The number of anilines is 1. The van der Waals surface area contributed by atoms with Gasteiger partial charge < -0.3 is 20.1 Å². The van der Waals surface area contributed by atoms with E-state index < -0.39 is 12.7 Å². The van der Waals surface area contributed by atoms with Crippen LogP contribution in [0.15, 0.2) is 48.5 Å². The Labute approximate surface area is 143 Å². The molecule has 1 atom stereocenters. The molecule has 2 aromatic rings. The van der Waals surface area contributed by atoms with Crippen LogP contribution in [0.5, 0.6) is 5.75 Å². The molecule has 1 heterocycles. The Morgan fingerprint density at radius 2 is 1.96 bits per heavy atom. The van der Waals surface area contributed by atoms with Crippen LogP contribution >= 0.6 is 0 Å². The van der Waals surface area contributed by atoms with Gasteiger partial charge in [0.2, 0.25) is 0 Å². The van der Waals surface area contributed by atoms with Gasteiger partial charge in [-0.1, -0.05) is 24.3 Å². The van der Waals surface area contributed by atoms with E-state index in [9.17, 15) is 18.7 Å². The molecule has 0 aliphatic carbocycles. The first-order chi connectivity index (χ1) is 12.1. The molecule has 2 aromatic carbocycles. The predicted molar refractivity (Wildman–Crippen MR) is 88.8 cm³/mol. The Hall–Kier alpha value is -2.67. The summed E-state index contributed by atoms with van der Waals surface area (Å²) in [5.74, 6) is 0.0214. The number of fused-ring (bicyclic) bond motifs is 1. The molecule has 25 heavy (non-hydrogen) atoms. The third-order valence-electron chi connectivity index (χ3n) is 4.18. The molecule has 2 N–H and O–H groups in total. The van der Waals surface area contributed by atoms with Crippen LogP contribution in [0, 0.1) is 0 Å². The summed E-state index contributed by atoms with van der Waals surface area (Å²) >= 11 is 0. The number of urea groups is 1. The van der Waals surface area contributed by atoms with E-state index in [1.54, 1.807) is 4.90 Å². The molecule has 1 unspecified atom stereocenters. The van der Waals surface area contributed by atoms with Gasteiger partial charge in [-0.15, -0.1) is 0 Å². The molecular weight excluding hydrogens is 330 g/mol. The second-order valence-corrected chi connectivity index (χ2v) is 5.67. The van der Waals surface area contributed by atoms with Crippen LogP contribution in [-0.4, -0.2) is 35.8 Å². The number of carbonyl (C=O) groups is 1. The van der Waals surface area contributed by atoms with Gasteiger partial charge in [0.15, 0.2) is 0 Å². The number of aliphatic hydroxyl groups is 1. The number of amides is 2. The maximum Gasteiger partial charge on any atom is 0.387 e. The zero-order valence-electron chi connectivity index (χ0n) is 13.4. The molecule has 0 fully saturated rings. The third kappa shape index (κ3) is 3.88. The molecular formula is C18H18F2N2O3. The van der Waals surface area contributed by atoms with Crippen LogP contribution in [0.1, 0.15) is 17.2 Å². The van der Waals surface area contributed by atoms with E-state index in [-0.39, 0.29) is 18.4 Å². The number of ether oxygens (including phenoxy) is 1. The van der Waals surface area contributed by atoms with Gasteiger partial charge in [-0.3, -0.25) is 0 Å². The zero-order chi connectivity index (χ0) is 17.8. The fraction of sp³-hybridized carbons (Fsp3) is 0.278. The molecule has 1 aliphatic heterocycles. The lowest BCUT2D eigenvalue weighted by Crippen LogP contribution is -2.43. The Bertz CT molecular complexity index is 737. The molecule has 0 spiro atoms. The van der Waals surface area contributed by atoms with Gasteiger partial charge in [0.25, 0.3) is 0 Å². The second kappa shape index (κ2) is 7.48. The summed E-state index contributed by atoms with van der Waals surface area (Å²) in [5.41, 5.74) is 2.52. The van der Waals surface area contributed by atoms with E-state index in [4.69, 9.17) is 0 Å². The molecule has 0 aromatic heterocycles. The first-order valence-corrected chi connectivity index (χ1v) is 7.89. The predicted octanol–water partition coefficient (Wildman–Crippen LogP) is 3.41. The Balaban J connectivity index is 1.71. The van der Waals surface area contributed by atoms with Crippen LogP contribution in [0.4, 0.5) is 19.3 Å². The molecule has 2 amide bonds. The van der Waals surface area contributed by atoms with Gasteiger partial charge in [0.05, 0.1) is 12.6 Å². The summed E-state index contributed by atoms with van der Waals surface area (Å²) in [7, 11) is 0. The van der Waals surface area contributed by atoms with E-state index >= 15 is 0 Å². The number of nitrogens with one attached hydrogen (secondary N) is 1. The lowest BCUT2D eigenvalue weighted by atomic mass is 9.93. The van der Waals surface area contributed by atoms with Gasteiger partial charge in [0.1, 0.15) is 5.75 Å². The number of alkyl halides is 2. The third-order valence-corrected chi connectivity index (χ3v) is 4.18. The number of nitrogens with zero attached hydrogens (tertiary/aromatic N) is 1. The van der Waals surface area contributed by atoms with Crippen molar-refractivity contribution in [3.05, 3.63) is 59.7 Å². The average Bonchev–Trinajstić information content (AvgIpc) is 2.61. The number of carbonyl (C=O) groups excluding carboxylic acids is 1. The van der Waals surface area contributed by atoms with E-state index in [1.807, 2.05) is 24.3 Å². The number of benzene rings is 2. The minimum Gasteiger partial charge on any atom is -0.435 e. The van der Waals surface area contributed by atoms with E-state index in [0.717, 1.165) is 11.1 Å². The smallest absolute Gasteiger partial charge is 0.387 e. The fourth-order valence-electron chi connectivity index (χ4n) is 3.01. The molecule has 132 valence electrons. The lowest BCUT2D eigenvalue weighted by Gasteiger charge is -2.36. The molecule has 0 bridgehead atoms. The summed E-state index contributed by atoms with van der Waals surface area (Å²) < 4.78 is 28.6. The van der Waals surface area contributed by atoms with E-state index in [0.29, 0.717) is 18.7 Å². The van der Waals surface area contributed by atoms with Crippen molar-refractivity contribution in [2.75, 3.05) is 18.5 Å². The first-order valence-electron chi connectivity index (χ1n) is 7.89. The average molecular weight is 348 g/mol. The number of halogens is 2. The summed E-state index contributed by atoms with van der Waals surface area (Å²) in [5, 5.41) is 12.5. The lowest BCUT2D eigenvalue weighted by molar-refractivity contribution is -0.0498. The maximum atomic E-state index is 12.6. The van der Waals surface area contributed by atoms with Crippen molar-refractivity contribution < 1.29 is 23.4 Å². The summed E-state index contributed by atoms with van der Waals surface area (Å²) in [6.45, 7) is -2.58. The van der Waals surface area contributed by atoms with Crippen molar-refractivity contribution in [2.45, 2.75) is 19.1 Å². The minimum atomic E-state index is -2.89. The van der Waals surface area contributed by atoms with Crippen LogP contribution in [0.25, 0.3) is 0 Å². The first kappa shape index (κ1) is 17.2. The van der Waals surface area contributed by atoms with Crippen molar-refractivity contribution in [2.24, 2.45) is 0 Å². The van der Waals surface area contributed by atoms with Crippen molar-refractivity contribution in [1.29, 1.82) is 0 Å². The van der Waals surface area contributed by atoms with Crippen molar-refractivity contribution in [3.8, 4) is 5.75 Å². The van der Waals surface area contributed by atoms with Crippen LogP contribution in [0.3, 0.4) is 0 Å². The second-order valence-electron chi connectivity index (χ2n) is 5.67. The molecule has 0 saturated heterocycles. The number of hydrogen-bond acceptors (Lipinski definition) is 3. The van der Waals surface area contributed by atoms with Crippen LogP contribution in [0.2, 0.25) is 0 Å². The summed E-state index contributed by atoms with van der Waals surface area (Å²) in [6.07, 6.45) is 0.710. The SMILES string of the molecule is O=C(Nc1ccc(OC(F)F)cc1)N1CCc2ccccc2C1CO. The van der Waals surface area contributed by atoms with Crippen molar-refractivity contribution in [3.63, 3.8) is 0 Å². The van der Waals surface area contributed by atoms with Gasteiger partial charge >= 0.3 is 12.6 Å². The van der Waals surface area contributed by atoms with Crippen LogP contribution < -0.4 is 10.1 Å². The highest BCUT2D eigenvalue weighted by atomic mass is 19.3. The topological polar surface area (TPSA) is 61.8 Å². The van der Waals surface area contributed by atoms with Gasteiger partial charge in [-0.25, -0.2) is 4.79 Å². The van der Waals surface area contributed by atoms with Gasteiger partial charge in [-0.05, 0) is 41.8 Å². The minimum absolute atomic E-state index is 0.0214. The molecule has 7 heteroatoms. The standard InChI is InChI=1S/C18H18F2N2O3/c19-17(20)25-14-7-5-13(6-8-14)21-18(24)22-10-9-12-3-1-2-4-15(12)16(22)11-23/h1-8,16-17,23H,9-11H2,(H,21,24). The molecule has 1 aliphatic rings. The molecule has 0 saturated carbocycles. The number of rotatable bonds is 4. The highest BCUT2D eigenvalue weighted by Crippen LogP contribution is 2.30. The number of aliphatic hydroxyl groups excluding tert-OH is 1. The van der Waals surface area contributed by atoms with E-state index in [2.05, 4.69) is 10.1 Å². The normalized spacial score (nSPS) is 16.5. The number of hydrogen-bond donors (Lipinski definition) is 2. The zero-order valence-corrected chi connectivity index (χ0v) is 13.4. The van der Waals surface area contributed by atoms with Gasteiger partial charge in [0, 0.05) is 12.2 Å². The highest BCUT2D eigenvalue weighted by Gasteiger charge is 2.30. The largest absolute Gasteiger partial charge is 0.435 e. The Morgan fingerprint density at radius 1 is 1.24 bits per heavy atom. The molecule has 5 nitrogen and oxygen atoms in total. The monoisotopic (exact) mass is 348 g/mol. The van der Waals surface area contributed by atoms with Crippen molar-refractivity contribution in [1.82, 2.24) is 4.90 Å². The Morgan fingerprint density at radius 3 is 2.64 bits per heavy atom. The van der Waals surface area contributed by atoms with Gasteiger partial charge in [-0.2, -0.15) is 8.78 Å². The van der Waals surface area contributed by atoms with Crippen molar-refractivity contribution >= 4 is 11.7 Å². The summed E-state index contributed by atoms with van der Waals surface area (Å²) in [4.78, 5) is 14.1. The summed E-state index contributed by atoms with van der Waals surface area (Å²) in [6, 6.07) is 12.6. The maximum absolute atomic E-state index is 12.6. The Kier molecular flexibility index (Phi) is 5.14. The molecule has 0 radical (unpaired) electrons.